The molecule has 0 aliphatic carbocycles. The Morgan fingerprint density at radius 3 is 2.68 bits per heavy atom. The van der Waals surface area contributed by atoms with Crippen molar-refractivity contribution in [2.45, 2.75) is 26.2 Å². The normalized spacial score (nSPS) is 13.8. The van der Waals surface area contributed by atoms with Crippen LogP contribution in [0.15, 0.2) is 42.7 Å². The number of rotatable bonds is 7. The van der Waals surface area contributed by atoms with Crippen molar-refractivity contribution >= 4 is 23.3 Å². The molecule has 0 saturated carbocycles. The Morgan fingerprint density at radius 2 is 1.87 bits per heavy atom. The average Bonchev–Trinajstić information content (AvgIpc) is 3.29. The molecule has 31 heavy (non-hydrogen) atoms. The summed E-state index contributed by atoms with van der Waals surface area (Å²) in [7, 11) is 0. The number of nitrogens with zero attached hydrogens (tertiary/aromatic N) is 4. The highest BCUT2D eigenvalue weighted by Crippen LogP contribution is 2.29. The molecule has 2 aromatic heterocycles. The van der Waals surface area contributed by atoms with Crippen molar-refractivity contribution in [3.8, 4) is 11.5 Å². The lowest BCUT2D eigenvalue weighted by Gasteiger charge is -2.26. The van der Waals surface area contributed by atoms with Crippen LogP contribution in [-0.4, -0.2) is 57.6 Å². The molecule has 1 fully saturated rings. The molecule has 0 atom stereocenters. The monoisotopic (exact) mass is 423 g/mol. The minimum atomic E-state index is -0.320. The number of ether oxygens (including phenoxy) is 2. The van der Waals surface area contributed by atoms with Crippen LogP contribution in [0, 0.1) is 0 Å². The number of carbonyl (C=O) groups excluding carboxylic acids is 2. The van der Waals surface area contributed by atoms with E-state index in [2.05, 4.69) is 15.4 Å². The number of likely N-dealkylation sites (tertiary alicyclic amines) is 1. The summed E-state index contributed by atoms with van der Waals surface area (Å²) >= 11 is 0. The number of fused-ring (bicyclic) bond motifs is 1. The Balaban J connectivity index is 1.46. The minimum absolute atomic E-state index is 0.0371. The molecule has 3 heterocycles. The maximum absolute atomic E-state index is 12.8. The highest BCUT2D eigenvalue weighted by Gasteiger charge is 2.19. The quantitative estimate of drug-likeness (QED) is 0.628. The zero-order chi connectivity index (χ0) is 21.6. The van der Waals surface area contributed by atoms with Crippen molar-refractivity contribution in [2.75, 3.05) is 31.6 Å². The summed E-state index contributed by atoms with van der Waals surface area (Å²) in [5.41, 5.74) is 1.03. The molecule has 1 aliphatic rings. The summed E-state index contributed by atoms with van der Waals surface area (Å²) in [6.07, 6.45) is 6.44. The lowest BCUT2D eigenvalue weighted by Crippen LogP contribution is -2.38. The van der Waals surface area contributed by atoms with E-state index in [1.54, 1.807) is 47.2 Å². The van der Waals surface area contributed by atoms with E-state index in [0.29, 0.717) is 35.1 Å². The zero-order valence-corrected chi connectivity index (χ0v) is 17.4. The fraction of sp³-hybridized carbons (Fsp3) is 0.364. The summed E-state index contributed by atoms with van der Waals surface area (Å²) in [5.74, 6) is 0.998. The molecular weight excluding hydrogens is 398 g/mol. The summed E-state index contributed by atoms with van der Waals surface area (Å²) < 4.78 is 12.9. The number of carbonyl (C=O) groups is 2. The number of benzene rings is 1. The standard InChI is InChI=1S/C22H25N5O4/c1-2-30-18-14-16(22(29)25-20-8-10-23-19-9-11-24-27(19)20)6-7-17(18)31-15-21(28)26-12-4-3-5-13-26/h6-11,14H,2-5,12-13,15H2,1H3,(H,25,29). The Labute approximate surface area is 180 Å². The highest BCUT2D eigenvalue weighted by atomic mass is 16.5. The highest BCUT2D eigenvalue weighted by molar-refractivity contribution is 6.04. The van der Waals surface area contributed by atoms with Gasteiger partial charge in [-0.15, -0.1) is 0 Å². The molecule has 9 heteroatoms. The van der Waals surface area contributed by atoms with E-state index < -0.39 is 0 Å². The maximum Gasteiger partial charge on any atom is 0.260 e. The van der Waals surface area contributed by atoms with E-state index >= 15 is 0 Å². The first-order valence-corrected chi connectivity index (χ1v) is 10.4. The second-order valence-corrected chi connectivity index (χ2v) is 7.21. The molecule has 1 aliphatic heterocycles. The summed E-state index contributed by atoms with van der Waals surface area (Å²) in [5, 5.41) is 7.00. The predicted molar refractivity (Wildman–Crippen MR) is 114 cm³/mol. The van der Waals surface area contributed by atoms with Gasteiger partial charge in [0.1, 0.15) is 5.82 Å². The summed E-state index contributed by atoms with van der Waals surface area (Å²) in [6, 6.07) is 8.33. The van der Waals surface area contributed by atoms with E-state index in [4.69, 9.17) is 9.47 Å². The van der Waals surface area contributed by atoms with E-state index in [1.165, 1.54) is 0 Å². The van der Waals surface area contributed by atoms with Gasteiger partial charge in [-0.05, 0) is 50.5 Å². The van der Waals surface area contributed by atoms with Crippen LogP contribution in [0.3, 0.4) is 0 Å². The zero-order valence-electron chi connectivity index (χ0n) is 17.4. The van der Waals surface area contributed by atoms with E-state index in [-0.39, 0.29) is 18.4 Å². The smallest absolute Gasteiger partial charge is 0.260 e. The Morgan fingerprint density at radius 1 is 1.03 bits per heavy atom. The van der Waals surface area contributed by atoms with Gasteiger partial charge in [0.2, 0.25) is 0 Å². The van der Waals surface area contributed by atoms with Crippen LogP contribution >= 0.6 is 0 Å². The molecule has 1 aromatic carbocycles. The average molecular weight is 423 g/mol. The second kappa shape index (κ2) is 9.46. The fourth-order valence-corrected chi connectivity index (χ4v) is 3.53. The minimum Gasteiger partial charge on any atom is -0.490 e. The van der Waals surface area contributed by atoms with Crippen LogP contribution in [0.1, 0.15) is 36.5 Å². The van der Waals surface area contributed by atoms with Crippen molar-refractivity contribution in [3.63, 3.8) is 0 Å². The first-order chi connectivity index (χ1) is 15.2. The van der Waals surface area contributed by atoms with Gasteiger partial charge in [-0.25, -0.2) is 4.98 Å². The van der Waals surface area contributed by atoms with E-state index in [1.807, 2.05) is 11.8 Å². The summed E-state index contributed by atoms with van der Waals surface area (Å²) in [6.45, 7) is 3.75. The van der Waals surface area contributed by atoms with Crippen molar-refractivity contribution in [3.05, 3.63) is 48.3 Å². The number of aromatic nitrogens is 3. The maximum atomic E-state index is 12.8. The lowest BCUT2D eigenvalue weighted by molar-refractivity contribution is -0.134. The Kier molecular flexibility index (Phi) is 6.30. The van der Waals surface area contributed by atoms with Crippen LogP contribution in [-0.2, 0) is 4.79 Å². The van der Waals surface area contributed by atoms with Gasteiger partial charge in [-0.3, -0.25) is 9.59 Å². The first kappa shape index (κ1) is 20.6. The molecule has 3 aromatic rings. The fourth-order valence-electron chi connectivity index (χ4n) is 3.53. The summed E-state index contributed by atoms with van der Waals surface area (Å²) in [4.78, 5) is 31.2. The van der Waals surface area contributed by atoms with Crippen molar-refractivity contribution < 1.29 is 19.1 Å². The SMILES string of the molecule is CCOc1cc(C(=O)Nc2ccnc3ccnn23)ccc1OCC(=O)N1CCCCC1. The molecule has 0 bridgehead atoms. The third-order valence-electron chi connectivity index (χ3n) is 5.10. The largest absolute Gasteiger partial charge is 0.490 e. The second-order valence-electron chi connectivity index (χ2n) is 7.21. The van der Waals surface area contributed by atoms with Gasteiger partial charge in [0.05, 0.1) is 12.8 Å². The number of anilines is 1. The van der Waals surface area contributed by atoms with Gasteiger partial charge in [-0.1, -0.05) is 0 Å². The van der Waals surface area contributed by atoms with Gasteiger partial charge < -0.3 is 19.7 Å². The van der Waals surface area contributed by atoms with Gasteiger partial charge in [-0.2, -0.15) is 9.61 Å². The molecule has 0 spiro atoms. The van der Waals surface area contributed by atoms with Crippen LogP contribution in [0.25, 0.3) is 5.65 Å². The molecule has 0 unspecified atom stereocenters. The lowest BCUT2D eigenvalue weighted by atomic mass is 10.1. The van der Waals surface area contributed by atoms with Crippen molar-refractivity contribution in [2.24, 2.45) is 0 Å². The predicted octanol–water partition coefficient (Wildman–Crippen LogP) is 2.77. The third kappa shape index (κ3) is 4.76. The van der Waals surface area contributed by atoms with Gasteiger partial charge in [0.25, 0.3) is 11.8 Å². The number of hydrogen-bond acceptors (Lipinski definition) is 6. The van der Waals surface area contributed by atoms with Gasteiger partial charge in [0, 0.05) is 30.9 Å². The van der Waals surface area contributed by atoms with Gasteiger partial charge in [0.15, 0.2) is 23.8 Å². The molecule has 2 amide bonds. The van der Waals surface area contributed by atoms with E-state index in [9.17, 15) is 9.59 Å². The Bertz CT molecular complexity index is 1070. The van der Waals surface area contributed by atoms with Crippen molar-refractivity contribution in [1.29, 1.82) is 0 Å². The Hall–Kier alpha value is -3.62. The molecule has 1 saturated heterocycles. The number of amides is 2. The van der Waals surface area contributed by atoms with Gasteiger partial charge >= 0.3 is 0 Å². The van der Waals surface area contributed by atoms with Crippen LogP contribution in [0.5, 0.6) is 11.5 Å². The number of hydrogen-bond donors (Lipinski definition) is 1. The molecule has 9 nitrogen and oxygen atoms in total. The third-order valence-corrected chi connectivity index (χ3v) is 5.10. The van der Waals surface area contributed by atoms with E-state index in [0.717, 1.165) is 32.4 Å². The van der Waals surface area contributed by atoms with Crippen LogP contribution < -0.4 is 14.8 Å². The molecule has 0 radical (unpaired) electrons. The van der Waals surface area contributed by atoms with Crippen LogP contribution in [0.2, 0.25) is 0 Å². The number of nitrogens with one attached hydrogen (secondary N) is 1. The van der Waals surface area contributed by atoms with Crippen molar-refractivity contribution in [1.82, 2.24) is 19.5 Å². The molecule has 1 N–H and O–H groups in total. The topological polar surface area (TPSA) is 98.1 Å². The molecule has 162 valence electrons. The molecule has 4 rings (SSSR count). The molecular formula is C22H25N5O4. The van der Waals surface area contributed by atoms with Crippen LogP contribution in [0.4, 0.5) is 5.82 Å². The number of piperidine rings is 1. The first-order valence-electron chi connectivity index (χ1n) is 10.4.